The van der Waals surface area contributed by atoms with E-state index in [-0.39, 0.29) is 18.7 Å². The number of amides is 2. The Morgan fingerprint density at radius 3 is 2.67 bits per heavy atom. The largest absolute Gasteiger partial charge is 0.394 e. The van der Waals surface area contributed by atoms with Crippen LogP contribution in [-0.4, -0.2) is 24.3 Å². The Labute approximate surface area is 141 Å². The van der Waals surface area contributed by atoms with Crippen LogP contribution in [0.25, 0.3) is 0 Å². The normalized spacial score (nSPS) is 24.6. The van der Waals surface area contributed by atoms with Crippen LogP contribution in [0.1, 0.15) is 28.7 Å². The first-order valence-electron chi connectivity index (χ1n) is 8.56. The minimum Gasteiger partial charge on any atom is -0.394 e. The summed E-state index contributed by atoms with van der Waals surface area (Å²) >= 11 is 0. The van der Waals surface area contributed by atoms with E-state index >= 15 is 0 Å². The van der Waals surface area contributed by atoms with E-state index in [4.69, 9.17) is 0 Å². The molecular weight excluding hydrogens is 300 g/mol. The van der Waals surface area contributed by atoms with Gasteiger partial charge in [0.2, 0.25) is 0 Å². The molecule has 0 saturated heterocycles. The number of carbonyl (C=O) groups is 1. The maximum Gasteiger partial charge on any atom is 0.315 e. The highest BCUT2D eigenvalue weighted by atomic mass is 16.3. The maximum atomic E-state index is 12.1. The zero-order valence-corrected chi connectivity index (χ0v) is 13.5. The number of carbonyl (C=O) groups excluding carboxylic acids is 1. The third kappa shape index (κ3) is 2.78. The second-order valence-corrected chi connectivity index (χ2v) is 6.76. The smallest absolute Gasteiger partial charge is 0.315 e. The third-order valence-corrected chi connectivity index (χ3v) is 5.39. The van der Waals surface area contributed by atoms with E-state index in [2.05, 4.69) is 34.9 Å². The SMILES string of the molecule is O=C(NCC1C2Cc3ccccc3C12)N[C@H](CO)c1ccccc1. The zero-order chi connectivity index (χ0) is 16.5. The van der Waals surface area contributed by atoms with Crippen LogP contribution in [-0.2, 0) is 6.42 Å². The number of rotatable bonds is 5. The number of aliphatic hydroxyl groups excluding tert-OH is 1. The van der Waals surface area contributed by atoms with Gasteiger partial charge < -0.3 is 15.7 Å². The summed E-state index contributed by atoms with van der Waals surface area (Å²) < 4.78 is 0. The fourth-order valence-electron chi connectivity index (χ4n) is 4.10. The van der Waals surface area contributed by atoms with Gasteiger partial charge in [-0.15, -0.1) is 0 Å². The average Bonchev–Trinajstić information content (AvgIpc) is 3.17. The van der Waals surface area contributed by atoms with Crippen LogP contribution in [0.3, 0.4) is 0 Å². The molecule has 0 heterocycles. The Morgan fingerprint density at radius 2 is 1.88 bits per heavy atom. The molecule has 4 atom stereocenters. The van der Waals surface area contributed by atoms with Gasteiger partial charge in [-0.3, -0.25) is 0 Å². The van der Waals surface area contributed by atoms with Gasteiger partial charge in [-0.05, 0) is 40.9 Å². The van der Waals surface area contributed by atoms with Crippen LogP contribution < -0.4 is 10.6 Å². The molecule has 24 heavy (non-hydrogen) atoms. The third-order valence-electron chi connectivity index (χ3n) is 5.39. The monoisotopic (exact) mass is 322 g/mol. The van der Waals surface area contributed by atoms with Crippen molar-refractivity contribution in [3.8, 4) is 0 Å². The molecular formula is C20H22N2O2. The summed E-state index contributed by atoms with van der Waals surface area (Å²) in [6, 6.07) is 17.6. The molecule has 4 rings (SSSR count). The molecule has 0 radical (unpaired) electrons. The molecule has 124 valence electrons. The molecule has 2 aliphatic carbocycles. The number of fused-ring (bicyclic) bond motifs is 3. The Bertz CT molecular complexity index is 731. The standard InChI is InChI=1S/C20H22N2O2/c23-12-18(13-6-2-1-3-7-13)22-20(24)21-11-17-16-10-14-8-4-5-9-15(14)19(16)17/h1-9,16-19,23H,10-12H2,(H2,21,22,24)/t16?,17?,18-,19?/m1/s1. The van der Waals surface area contributed by atoms with E-state index in [9.17, 15) is 9.90 Å². The van der Waals surface area contributed by atoms with Gasteiger partial charge in [0.1, 0.15) is 0 Å². The molecule has 3 unspecified atom stereocenters. The van der Waals surface area contributed by atoms with Gasteiger partial charge in [0, 0.05) is 6.54 Å². The molecule has 2 aromatic carbocycles. The van der Waals surface area contributed by atoms with Crippen molar-refractivity contribution in [2.75, 3.05) is 13.2 Å². The summed E-state index contributed by atoms with van der Waals surface area (Å²) in [5.41, 5.74) is 3.84. The summed E-state index contributed by atoms with van der Waals surface area (Å²) in [7, 11) is 0. The van der Waals surface area contributed by atoms with Crippen molar-refractivity contribution in [1.82, 2.24) is 10.6 Å². The lowest BCUT2D eigenvalue weighted by molar-refractivity contribution is 0.216. The topological polar surface area (TPSA) is 61.4 Å². The summed E-state index contributed by atoms with van der Waals surface area (Å²) in [5, 5.41) is 15.3. The van der Waals surface area contributed by atoms with Crippen molar-refractivity contribution in [3.05, 3.63) is 71.3 Å². The molecule has 2 amide bonds. The van der Waals surface area contributed by atoms with Crippen molar-refractivity contribution < 1.29 is 9.90 Å². The van der Waals surface area contributed by atoms with Gasteiger partial charge in [0.25, 0.3) is 0 Å². The molecule has 3 N–H and O–H groups in total. The second-order valence-electron chi connectivity index (χ2n) is 6.76. The van der Waals surface area contributed by atoms with Gasteiger partial charge >= 0.3 is 6.03 Å². The summed E-state index contributed by atoms with van der Waals surface area (Å²) in [6.07, 6.45) is 1.14. The van der Waals surface area contributed by atoms with Crippen LogP contribution in [0.2, 0.25) is 0 Å². The van der Waals surface area contributed by atoms with Gasteiger partial charge in [0.15, 0.2) is 0 Å². The van der Waals surface area contributed by atoms with Gasteiger partial charge in [-0.2, -0.15) is 0 Å². The first-order valence-corrected chi connectivity index (χ1v) is 8.56. The quantitative estimate of drug-likeness (QED) is 0.792. The van der Waals surface area contributed by atoms with E-state index in [1.54, 1.807) is 0 Å². The van der Waals surface area contributed by atoms with E-state index in [1.165, 1.54) is 11.1 Å². The summed E-state index contributed by atoms with van der Waals surface area (Å²) in [4.78, 5) is 12.1. The Kier molecular flexibility index (Phi) is 3.98. The number of urea groups is 1. The number of hydrogen-bond donors (Lipinski definition) is 3. The molecule has 0 aromatic heterocycles. The molecule has 4 nitrogen and oxygen atoms in total. The molecule has 4 heteroatoms. The number of nitrogens with one attached hydrogen (secondary N) is 2. The van der Waals surface area contributed by atoms with Crippen molar-refractivity contribution in [3.63, 3.8) is 0 Å². The Hall–Kier alpha value is -2.33. The van der Waals surface area contributed by atoms with Crippen LogP contribution in [0, 0.1) is 11.8 Å². The summed E-state index contributed by atoms with van der Waals surface area (Å²) in [6.45, 7) is 0.585. The first-order chi connectivity index (χ1) is 11.8. The fourth-order valence-corrected chi connectivity index (χ4v) is 4.10. The van der Waals surface area contributed by atoms with Crippen molar-refractivity contribution in [2.45, 2.75) is 18.4 Å². The van der Waals surface area contributed by atoms with E-state index < -0.39 is 0 Å². The van der Waals surface area contributed by atoms with E-state index in [1.807, 2.05) is 30.3 Å². The molecule has 2 aliphatic rings. The zero-order valence-electron chi connectivity index (χ0n) is 13.5. The van der Waals surface area contributed by atoms with Gasteiger partial charge in [-0.25, -0.2) is 4.79 Å². The van der Waals surface area contributed by atoms with Crippen LogP contribution in [0.5, 0.6) is 0 Å². The highest BCUT2D eigenvalue weighted by Gasteiger charge is 2.54. The fraction of sp³-hybridized carbons (Fsp3) is 0.350. The number of hydrogen-bond acceptors (Lipinski definition) is 2. The highest BCUT2D eigenvalue weighted by molar-refractivity contribution is 5.74. The van der Waals surface area contributed by atoms with Crippen LogP contribution in [0.15, 0.2) is 54.6 Å². The lowest BCUT2D eigenvalue weighted by Gasteiger charge is -2.17. The van der Waals surface area contributed by atoms with Crippen molar-refractivity contribution >= 4 is 6.03 Å². The lowest BCUT2D eigenvalue weighted by atomic mass is 10.0. The predicted octanol–water partition coefficient (Wildman–Crippen LogP) is 2.61. The average molecular weight is 322 g/mol. The molecule has 0 bridgehead atoms. The number of benzene rings is 2. The maximum absolute atomic E-state index is 12.1. The summed E-state index contributed by atoms with van der Waals surface area (Å²) in [5.74, 6) is 1.85. The van der Waals surface area contributed by atoms with E-state index in [0.29, 0.717) is 24.3 Å². The van der Waals surface area contributed by atoms with Crippen LogP contribution in [0.4, 0.5) is 4.79 Å². The van der Waals surface area contributed by atoms with Gasteiger partial charge in [-0.1, -0.05) is 54.6 Å². The Balaban J connectivity index is 1.29. The number of aliphatic hydroxyl groups is 1. The molecule has 0 spiro atoms. The van der Waals surface area contributed by atoms with Gasteiger partial charge in [0.05, 0.1) is 12.6 Å². The van der Waals surface area contributed by atoms with Crippen molar-refractivity contribution in [1.29, 1.82) is 0 Å². The molecule has 2 aromatic rings. The predicted molar refractivity (Wildman–Crippen MR) is 92.7 cm³/mol. The minimum atomic E-state index is -0.370. The lowest BCUT2D eigenvalue weighted by Crippen LogP contribution is -2.40. The van der Waals surface area contributed by atoms with Crippen molar-refractivity contribution in [2.24, 2.45) is 11.8 Å². The minimum absolute atomic E-state index is 0.112. The molecule has 1 fully saturated rings. The highest BCUT2D eigenvalue weighted by Crippen LogP contribution is 2.60. The first kappa shape index (κ1) is 15.2. The Morgan fingerprint density at radius 1 is 1.12 bits per heavy atom. The molecule has 0 aliphatic heterocycles. The van der Waals surface area contributed by atoms with E-state index in [0.717, 1.165) is 12.0 Å². The second kappa shape index (κ2) is 6.29. The van der Waals surface area contributed by atoms with Crippen LogP contribution >= 0.6 is 0 Å². The molecule has 1 saturated carbocycles.